The lowest BCUT2D eigenvalue weighted by Crippen LogP contribution is -2.18. The third kappa shape index (κ3) is 5.38. The van der Waals surface area contributed by atoms with Gasteiger partial charge >= 0.3 is 0 Å². The number of hydrogen-bond acceptors (Lipinski definition) is 0. The Hall–Kier alpha value is 0.480. The summed E-state index contributed by atoms with van der Waals surface area (Å²) in [5.41, 5.74) is 0. The molecule has 1 heteroatoms. The highest BCUT2D eigenvalue weighted by Crippen LogP contribution is 2.34. The molecule has 0 aromatic carbocycles. The Morgan fingerprint density at radius 1 is 1.27 bits per heavy atom. The summed E-state index contributed by atoms with van der Waals surface area (Å²) >= 11 is 3.79. The van der Waals surface area contributed by atoms with Crippen molar-refractivity contribution in [1.29, 1.82) is 0 Å². The van der Waals surface area contributed by atoms with Crippen LogP contribution in [0.2, 0.25) is 0 Å². The standard InChI is InChI=1S/C14H27Br/c1-3-5-7-12(4-2)10-13-8-6-9-14(15)11-13/h12-14H,3-11H2,1-2H3. The van der Waals surface area contributed by atoms with Crippen molar-refractivity contribution in [2.24, 2.45) is 11.8 Å². The maximum Gasteiger partial charge on any atom is 0.0148 e. The van der Waals surface area contributed by atoms with E-state index in [9.17, 15) is 0 Å². The second kappa shape index (κ2) is 7.70. The van der Waals surface area contributed by atoms with E-state index < -0.39 is 0 Å². The first kappa shape index (κ1) is 13.5. The first-order valence-corrected chi connectivity index (χ1v) is 7.81. The molecule has 0 heterocycles. The lowest BCUT2D eigenvalue weighted by atomic mass is 9.80. The van der Waals surface area contributed by atoms with Gasteiger partial charge < -0.3 is 0 Å². The van der Waals surface area contributed by atoms with Crippen molar-refractivity contribution in [1.82, 2.24) is 0 Å². The Kier molecular flexibility index (Phi) is 6.96. The van der Waals surface area contributed by atoms with Crippen LogP contribution in [0, 0.1) is 11.8 Å². The molecule has 0 N–H and O–H groups in total. The predicted molar refractivity (Wildman–Crippen MR) is 72.6 cm³/mol. The summed E-state index contributed by atoms with van der Waals surface area (Å²) in [4.78, 5) is 0.819. The Morgan fingerprint density at radius 3 is 2.67 bits per heavy atom. The maximum atomic E-state index is 3.79. The minimum absolute atomic E-state index is 0.819. The van der Waals surface area contributed by atoms with Gasteiger partial charge in [0.05, 0.1) is 0 Å². The molecule has 3 atom stereocenters. The van der Waals surface area contributed by atoms with Crippen molar-refractivity contribution in [3.63, 3.8) is 0 Å². The SMILES string of the molecule is CCCCC(CC)CC1CCCC(Br)C1. The van der Waals surface area contributed by atoms with Crippen LogP contribution >= 0.6 is 15.9 Å². The Labute approximate surface area is 104 Å². The quantitative estimate of drug-likeness (QED) is 0.558. The molecule has 1 fully saturated rings. The first-order chi connectivity index (χ1) is 7.26. The molecule has 0 radical (unpaired) electrons. The molecule has 0 nitrogen and oxygen atoms in total. The normalized spacial score (nSPS) is 29.0. The predicted octanol–water partition coefficient (Wildman–Crippen LogP) is 5.55. The van der Waals surface area contributed by atoms with E-state index in [2.05, 4.69) is 29.8 Å². The van der Waals surface area contributed by atoms with E-state index >= 15 is 0 Å². The summed E-state index contributed by atoms with van der Waals surface area (Å²) < 4.78 is 0. The number of alkyl halides is 1. The average molecular weight is 275 g/mol. The van der Waals surface area contributed by atoms with Crippen LogP contribution in [0.4, 0.5) is 0 Å². The van der Waals surface area contributed by atoms with Crippen molar-refractivity contribution >= 4 is 15.9 Å². The number of rotatable bonds is 6. The van der Waals surface area contributed by atoms with Gasteiger partial charge in [0.2, 0.25) is 0 Å². The second-order valence-electron chi connectivity index (χ2n) is 5.28. The van der Waals surface area contributed by atoms with E-state index in [1.54, 1.807) is 0 Å². The van der Waals surface area contributed by atoms with Gasteiger partial charge in [0.1, 0.15) is 0 Å². The van der Waals surface area contributed by atoms with E-state index in [-0.39, 0.29) is 0 Å². The zero-order chi connectivity index (χ0) is 11.1. The van der Waals surface area contributed by atoms with E-state index in [4.69, 9.17) is 0 Å². The third-order valence-electron chi connectivity index (χ3n) is 3.93. The molecule has 0 amide bonds. The van der Waals surface area contributed by atoms with Gasteiger partial charge in [0.15, 0.2) is 0 Å². The van der Waals surface area contributed by atoms with Crippen LogP contribution in [0.25, 0.3) is 0 Å². The highest BCUT2D eigenvalue weighted by atomic mass is 79.9. The zero-order valence-corrected chi connectivity index (χ0v) is 12.1. The van der Waals surface area contributed by atoms with Crippen LogP contribution < -0.4 is 0 Å². The van der Waals surface area contributed by atoms with Crippen LogP contribution in [0.15, 0.2) is 0 Å². The van der Waals surface area contributed by atoms with Crippen LogP contribution in [-0.2, 0) is 0 Å². The summed E-state index contributed by atoms with van der Waals surface area (Å²) in [6.07, 6.45) is 12.9. The molecule has 15 heavy (non-hydrogen) atoms. The fourth-order valence-electron chi connectivity index (χ4n) is 2.89. The smallest absolute Gasteiger partial charge is 0.0148 e. The van der Waals surface area contributed by atoms with Crippen molar-refractivity contribution in [3.05, 3.63) is 0 Å². The molecule has 1 rings (SSSR count). The summed E-state index contributed by atoms with van der Waals surface area (Å²) in [5, 5.41) is 0. The summed E-state index contributed by atoms with van der Waals surface area (Å²) in [7, 11) is 0. The Bertz CT molecular complexity index is 155. The molecule has 1 aliphatic carbocycles. The molecular weight excluding hydrogens is 248 g/mol. The molecule has 0 aromatic heterocycles. The molecule has 0 saturated heterocycles. The highest BCUT2D eigenvalue weighted by Gasteiger charge is 2.22. The lowest BCUT2D eigenvalue weighted by Gasteiger charge is -2.28. The Balaban J connectivity index is 2.24. The maximum absolute atomic E-state index is 3.79. The van der Waals surface area contributed by atoms with Gasteiger partial charge in [-0.05, 0) is 31.1 Å². The van der Waals surface area contributed by atoms with Gasteiger partial charge in [-0.15, -0.1) is 0 Å². The number of halogens is 1. The van der Waals surface area contributed by atoms with Crippen molar-refractivity contribution in [3.8, 4) is 0 Å². The topological polar surface area (TPSA) is 0 Å². The zero-order valence-electron chi connectivity index (χ0n) is 10.5. The van der Waals surface area contributed by atoms with E-state index in [1.165, 1.54) is 57.8 Å². The number of hydrogen-bond donors (Lipinski definition) is 0. The lowest BCUT2D eigenvalue weighted by molar-refractivity contribution is 0.277. The Morgan fingerprint density at radius 2 is 2.07 bits per heavy atom. The molecule has 0 bridgehead atoms. The van der Waals surface area contributed by atoms with Crippen molar-refractivity contribution in [2.45, 2.75) is 76.5 Å². The molecular formula is C14H27Br. The minimum atomic E-state index is 0.819. The van der Waals surface area contributed by atoms with Crippen LogP contribution in [0.5, 0.6) is 0 Å². The van der Waals surface area contributed by atoms with Crippen molar-refractivity contribution < 1.29 is 0 Å². The summed E-state index contributed by atoms with van der Waals surface area (Å²) in [5.74, 6) is 2.03. The second-order valence-corrected chi connectivity index (χ2v) is 6.58. The van der Waals surface area contributed by atoms with Gasteiger partial charge in [-0.3, -0.25) is 0 Å². The third-order valence-corrected chi connectivity index (χ3v) is 4.76. The molecule has 3 unspecified atom stereocenters. The first-order valence-electron chi connectivity index (χ1n) is 6.90. The molecule has 0 aromatic rings. The van der Waals surface area contributed by atoms with Crippen LogP contribution in [0.1, 0.15) is 71.6 Å². The highest BCUT2D eigenvalue weighted by molar-refractivity contribution is 9.09. The van der Waals surface area contributed by atoms with E-state index in [1.807, 2.05) is 0 Å². The molecule has 0 spiro atoms. The fourth-order valence-corrected chi connectivity index (χ4v) is 3.74. The minimum Gasteiger partial charge on any atom is -0.0891 e. The van der Waals surface area contributed by atoms with Crippen LogP contribution in [0.3, 0.4) is 0 Å². The molecule has 1 saturated carbocycles. The summed E-state index contributed by atoms with van der Waals surface area (Å²) in [6, 6.07) is 0. The van der Waals surface area contributed by atoms with Gasteiger partial charge in [0, 0.05) is 4.83 Å². The number of unbranched alkanes of at least 4 members (excludes halogenated alkanes) is 1. The van der Waals surface area contributed by atoms with Gasteiger partial charge in [0.25, 0.3) is 0 Å². The fraction of sp³-hybridized carbons (Fsp3) is 1.00. The van der Waals surface area contributed by atoms with Gasteiger partial charge in [-0.1, -0.05) is 68.3 Å². The van der Waals surface area contributed by atoms with E-state index in [0.29, 0.717) is 0 Å². The largest absolute Gasteiger partial charge is 0.0891 e. The van der Waals surface area contributed by atoms with E-state index in [0.717, 1.165) is 16.7 Å². The molecule has 90 valence electrons. The van der Waals surface area contributed by atoms with Crippen LogP contribution in [-0.4, -0.2) is 4.83 Å². The molecule has 1 aliphatic rings. The average Bonchev–Trinajstić information content (AvgIpc) is 2.24. The molecule has 0 aliphatic heterocycles. The van der Waals surface area contributed by atoms with Gasteiger partial charge in [-0.25, -0.2) is 0 Å². The van der Waals surface area contributed by atoms with Gasteiger partial charge in [-0.2, -0.15) is 0 Å². The van der Waals surface area contributed by atoms with Crippen molar-refractivity contribution in [2.75, 3.05) is 0 Å². The monoisotopic (exact) mass is 274 g/mol. The summed E-state index contributed by atoms with van der Waals surface area (Å²) in [6.45, 7) is 4.68.